The Morgan fingerprint density at radius 3 is 1.78 bits per heavy atom. The molecule has 1 heterocycles. The molecule has 1 N–H and O–H groups in total. The smallest absolute Gasteiger partial charge is 0.417 e. The largest absolute Gasteiger partial charge is 0.452 e. The minimum Gasteiger partial charge on any atom is -0.452 e. The van der Waals surface area contributed by atoms with Crippen LogP contribution in [0.15, 0.2) is 30.5 Å². The van der Waals surface area contributed by atoms with Gasteiger partial charge >= 0.3 is 24.5 Å². The summed E-state index contributed by atoms with van der Waals surface area (Å²) in [5, 5.41) is 1.25. The van der Waals surface area contributed by atoms with Crippen LogP contribution in [0.5, 0.6) is 0 Å². The summed E-state index contributed by atoms with van der Waals surface area (Å²) in [6.45, 7) is -1.21. The highest BCUT2D eigenvalue weighted by atomic mass is 35.5. The zero-order chi connectivity index (χ0) is 24.5. The molecule has 174 valence electrons. The van der Waals surface area contributed by atoms with Crippen LogP contribution in [0.3, 0.4) is 0 Å². The SMILES string of the molecule is O=C(COC(=O)c1cc(C(F)(F)F)cc(C(F)(F)F)c1)Nc1ncc(C(F)(F)F)cc1Cl. The van der Waals surface area contributed by atoms with Crippen LogP contribution in [0.25, 0.3) is 0 Å². The molecule has 0 aliphatic heterocycles. The number of carbonyl (C=O) groups is 2. The molecule has 2 aromatic rings. The highest BCUT2D eigenvalue weighted by molar-refractivity contribution is 6.33. The molecular weight excluding hydrogens is 487 g/mol. The Kier molecular flexibility index (Phi) is 6.97. The highest BCUT2D eigenvalue weighted by Gasteiger charge is 2.38. The Balaban J connectivity index is 2.13. The summed E-state index contributed by atoms with van der Waals surface area (Å²) in [7, 11) is 0. The molecule has 0 saturated carbocycles. The average Bonchev–Trinajstić information content (AvgIpc) is 2.65. The standard InChI is InChI=1S/C17H8ClF9N2O3/c18-11-4-10(17(25,26)27)5-28-13(11)29-12(30)6-32-14(31)7-1-8(15(19,20)21)3-9(2-7)16(22,23)24/h1-5H,6H2,(H,28,29,30). The van der Waals surface area contributed by atoms with Gasteiger partial charge in [-0.1, -0.05) is 11.6 Å². The van der Waals surface area contributed by atoms with Gasteiger partial charge in [-0.2, -0.15) is 39.5 Å². The van der Waals surface area contributed by atoms with Gasteiger partial charge < -0.3 is 10.1 Å². The quantitative estimate of drug-likeness (QED) is 0.445. The number of pyridine rings is 1. The molecule has 0 aliphatic rings. The van der Waals surface area contributed by atoms with E-state index in [1.165, 1.54) is 0 Å². The van der Waals surface area contributed by atoms with Gasteiger partial charge in [0.15, 0.2) is 12.4 Å². The molecule has 0 bridgehead atoms. The van der Waals surface area contributed by atoms with E-state index >= 15 is 0 Å². The fourth-order valence-electron chi connectivity index (χ4n) is 2.14. The van der Waals surface area contributed by atoms with Crippen molar-refractivity contribution in [2.24, 2.45) is 0 Å². The number of aromatic nitrogens is 1. The van der Waals surface area contributed by atoms with Gasteiger partial charge in [0.05, 0.1) is 27.3 Å². The van der Waals surface area contributed by atoms with E-state index in [1.54, 1.807) is 0 Å². The van der Waals surface area contributed by atoms with E-state index < -0.39 is 70.1 Å². The summed E-state index contributed by atoms with van der Waals surface area (Å²) in [6, 6.07) is 0.437. The maximum absolute atomic E-state index is 12.8. The van der Waals surface area contributed by atoms with Crippen molar-refractivity contribution in [1.82, 2.24) is 4.98 Å². The third kappa shape index (κ3) is 6.48. The molecule has 0 spiro atoms. The molecule has 0 aliphatic carbocycles. The number of halogens is 10. The number of hydrogen-bond acceptors (Lipinski definition) is 4. The van der Waals surface area contributed by atoms with Crippen LogP contribution in [0.1, 0.15) is 27.0 Å². The molecule has 32 heavy (non-hydrogen) atoms. The number of rotatable bonds is 4. The lowest BCUT2D eigenvalue weighted by Gasteiger charge is -2.14. The lowest BCUT2D eigenvalue weighted by Crippen LogP contribution is -2.22. The van der Waals surface area contributed by atoms with Crippen molar-refractivity contribution in [1.29, 1.82) is 0 Å². The predicted octanol–water partition coefficient (Wildman–Crippen LogP) is 5.59. The van der Waals surface area contributed by atoms with Gasteiger partial charge in [-0.3, -0.25) is 4.79 Å². The lowest BCUT2D eigenvalue weighted by atomic mass is 10.0. The first-order valence-electron chi connectivity index (χ1n) is 7.97. The second-order valence-corrected chi connectivity index (χ2v) is 6.38. The molecule has 5 nitrogen and oxygen atoms in total. The van der Waals surface area contributed by atoms with Crippen molar-refractivity contribution >= 4 is 29.3 Å². The monoisotopic (exact) mass is 494 g/mol. The zero-order valence-corrected chi connectivity index (χ0v) is 15.8. The van der Waals surface area contributed by atoms with E-state index in [2.05, 4.69) is 9.72 Å². The molecule has 0 fully saturated rings. The highest BCUT2D eigenvalue weighted by Crippen LogP contribution is 2.36. The van der Waals surface area contributed by atoms with Crippen molar-refractivity contribution in [2.45, 2.75) is 18.5 Å². The van der Waals surface area contributed by atoms with Crippen LogP contribution in [-0.4, -0.2) is 23.5 Å². The molecule has 0 unspecified atom stereocenters. The van der Waals surface area contributed by atoms with Gasteiger partial charge in [-0.15, -0.1) is 0 Å². The molecular formula is C17H8ClF9N2O3. The summed E-state index contributed by atoms with van der Waals surface area (Å²) in [4.78, 5) is 26.9. The van der Waals surface area contributed by atoms with E-state index in [4.69, 9.17) is 11.6 Å². The van der Waals surface area contributed by atoms with Gasteiger partial charge in [0, 0.05) is 6.20 Å². The predicted molar refractivity (Wildman–Crippen MR) is 89.6 cm³/mol. The summed E-state index contributed by atoms with van der Waals surface area (Å²) in [5.41, 5.74) is -5.91. The fraction of sp³-hybridized carbons (Fsp3) is 0.235. The van der Waals surface area contributed by atoms with Gasteiger partial charge in [0.25, 0.3) is 5.91 Å². The van der Waals surface area contributed by atoms with E-state index in [0.717, 1.165) is 0 Å². The minimum atomic E-state index is -5.21. The van der Waals surface area contributed by atoms with Gasteiger partial charge in [-0.05, 0) is 24.3 Å². The van der Waals surface area contributed by atoms with Gasteiger partial charge in [0.2, 0.25) is 0 Å². The summed E-state index contributed by atoms with van der Waals surface area (Å²) >= 11 is 5.56. The molecule has 0 saturated heterocycles. The van der Waals surface area contributed by atoms with Crippen LogP contribution in [0, 0.1) is 0 Å². The number of nitrogens with zero attached hydrogens (tertiary/aromatic N) is 1. The Labute approximate surface area is 177 Å². The van der Waals surface area contributed by atoms with Crippen molar-refractivity contribution < 1.29 is 53.8 Å². The fourth-order valence-corrected chi connectivity index (χ4v) is 2.35. The van der Waals surface area contributed by atoms with Crippen molar-refractivity contribution in [3.05, 3.63) is 57.7 Å². The number of ether oxygens (including phenoxy) is 1. The average molecular weight is 495 g/mol. The van der Waals surface area contributed by atoms with E-state index in [0.29, 0.717) is 12.3 Å². The number of esters is 1. The molecule has 15 heteroatoms. The van der Waals surface area contributed by atoms with Crippen LogP contribution in [0.2, 0.25) is 5.02 Å². The molecule has 1 aromatic heterocycles. The number of carbonyl (C=O) groups excluding carboxylic acids is 2. The molecule has 1 aromatic carbocycles. The maximum atomic E-state index is 12.8. The number of alkyl halides is 9. The first kappa shape index (κ1) is 25.2. The molecule has 0 radical (unpaired) electrons. The number of amides is 1. The van der Waals surface area contributed by atoms with E-state index in [-0.39, 0.29) is 18.2 Å². The first-order valence-corrected chi connectivity index (χ1v) is 8.35. The Morgan fingerprint density at radius 2 is 1.34 bits per heavy atom. The third-order valence-electron chi connectivity index (χ3n) is 3.58. The van der Waals surface area contributed by atoms with Gasteiger partial charge in [-0.25, -0.2) is 9.78 Å². The Bertz CT molecular complexity index is 1000. The molecule has 0 atom stereocenters. The lowest BCUT2D eigenvalue weighted by molar-refractivity contribution is -0.143. The minimum absolute atomic E-state index is 0.101. The number of nitrogens with one attached hydrogen (secondary N) is 1. The van der Waals surface area contributed by atoms with Crippen molar-refractivity contribution in [2.75, 3.05) is 11.9 Å². The van der Waals surface area contributed by atoms with Crippen LogP contribution in [0.4, 0.5) is 45.3 Å². The second-order valence-electron chi connectivity index (χ2n) is 5.97. The summed E-state index contributed by atoms with van der Waals surface area (Å²) < 4.78 is 119. The van der Waals surface area contributed by atoms with Crippen molar-refractivity contribution in [3.8, 4) is 0 Å². The topological polar surface area (TPSA) is 68.3 Å². The first-order chi connectivity index (χ1) is 14.5. The van der Waals surface area contributed by atoms with Crippen LogP contribution >= 0.6 is 11.6 Å². The van der Waals surface area contributed by atoms with E-state index in [1.807, 2.05) is 5.32 Å². The Morgan fingerprint density at radius 1 is 0.844 bits per heavy atom. The van der Waals surface area contributed by atoms with Crippen LogP contribution in [-0.2, 0) is 28.1 Å². The summed E-state index contributed by atoms with van der Waals surface area (Å²) in [6.07, 6.45) is -14.8. The van der Waals surface area contributed by atoms with Gasteiger partial charge in [0.1, 0.15) is 0 Å². The summed E-state index contributed by atoms with van der Waals surface area (Å²) in [5.74, 6) is -3.47. The molecule has 1 amide bonds. The molecule has 2 rings (SSSR count). The maximum Gasteiger partial charge on any atom is 0.417 e. The number of anilines is 1. The second kappa shape index (κ2) is 8.84. The number of hydrogen-bond donors (Lipinski definition) is 1. The van der Waals surface area contributed by atoms with Crippen LogP contribution < -0.4 is 5.32 Å². The third-order valence-corrected chi connectivity index (χ3v) is 3.87. The van der Waals surface area contributed by atoms with Crippen molar-refractivity contribution in [3.63, 3.8) is 0 Å². The number of benzene rings is 1. The Hall–Kier alpha value is -3.03. The van der Waals surface area contributed by atoms with E-state index in [9.17, 15) is 49.1 Å². The zero-order valence-electron chi connectivity index (χ0n) is 15.0. The normalized spacial score (nSPS) is 12.4.